The van der Waals surface area contributed by atoms with Crippen LogP contribution in [0.1, 0.15) is 89.6 Å². The molecule has 0 saturated heterocycles. The molecule has 2 aromatic carbocycles. The van der Waals surface area contributed by atoms with Gasteiger partial charge >= 0.3 is 0 Å². The molecule has 212 valence electrons. The molecule has 0 atom stereocenters. The quantitative estimate of drug-likeness (QED) is 0.185. The van der Waals surface area contributed by atoms with Gasteiger partial charge in [0.25, 0.3) is 11.8 Å². The molecule has 6 nitrogen and oxygen atoms in total. The predicted molar refractivity (Wildman–Crippen MR) is 166 cm³/mol. The van der Waals surface area contributed by atoms with Gasteiger partial charge in [-0.25, -0.2) is 13.4 Å². The Balaban J connectivity index is 1.32. The van der Waals surface area contributed by atoms with Gasteiger partial charge in [-0.1, -0.05) is 71.6 Å². The maximum atomic E-state index is 13.4. The fourth-order valence-corrected chi connectivity index (χ4v) is 9.12. The number of benzene rings is 2. The van der Waals surface area contributed by atoms with Gasteiger partial charge in [-0.3, -0.25) is 14.5 Å². The van der Waals surface area contributed by atoms with Gasteiger partial charge in [0.05, 0.1) is 27.1 Å². The van der Waals surface area contributed by atoms with Crippen LogP contribution in [0.2, 0.25) is 0 Å². The Hall–Kier alpha value is -3.32. The van der Waals surface area contributed by atoms with Crippen molar-refractivity contribution in [2.75, 3.05) is 12.3 Å². The van der Waals surface area contributed by atoms with Crippen LogP contribution in [0.15, 0.2) is 52.9 Å². The second kappa shape index (κ2) is 10.5. The van der Waals surface area contributed by atoms with E-state index in [-0.39, 0.29) is 33.9 Å². The zero-order valence-electron chi connectivity index (χ0n) is 24.0. The van der Waals surface area contributed by atoms with Crippen molar-refractivity contribution < 1.29 is 18.0 Å². The molecule has 0 aliphatic carbocycles. The molecule has 1 aliphatic heterocycles. The molecule has 2 amide bonds. The molecule has 2 aromatic heterocycles. The summed E-state index contributed by atoms with van der Waals surface area (Å²) in [5.74, 6) is 5.05. The number of hydrogen-bond acceptors (Lipinski definition) is 7. The minimum absolute atomic E-state index is 0.0102. The lowest BCUT2D eigenvalue weighted by Crippen LogP contribution is -2.31. The fraction of sp³-hybridized carbons (Fsp3) is 0.344. The molecule has 0 saturated carbocycles. The first-order valence-electron chi connectivity index (χ1n) is 13.4. The number of hydrogen-bond donors (Lipinski definition) is 0. The number of nitrogens with zero attached hydrogens (tertiary/aromatic N) is 2. The highest BCUT2D eigenvalue weighted by Crippen LogP contribution is 2.46. The molecule has 0 spiro atoms. The number of aromatic nitrogens is 1. The van der Waals surface area contributed by atoms with Gasteiger partial charge in [-0.05, 0) is 47.6 Å². The van der Waals surface area contributed by atoms with Crippen LogP contribution in [-0.2, 0) is 20.7 Å². The van der Waals surface area contributed by atoms with Crippen molar-refractivity contribution in [2.45, 2.75) is 63.1 Å². The first kappa shape index (κ1) is 29.2. The third kappa shape index (κ3) is 5.74. The van der Waals surface area contributed by atoms with E-state index in [9.17, 15) is 18.0 Å². The van der Waals surface area contributed by atoms with Gasteiger partial charge < -0.3 is 0 Å². The summed E-state index contributed by atoms with van der Waals surface area (Å²) in [5.41, 5.74) is 2.55. The minimum atomic E-state index is -3.71. The predicted octanol–water partition coefficient (Wildman–Crippen LogP) is 6.81. The van der Waals surface area contributed by atoms with E-state index < -0.39 is 21.7 Å². The van der Waals surface area contributed by atoms with Crippen LogP contribution >= 0.6 is 22.7 Å². The standard InChI is InChI=1S/C32H32N2O4S3/c1-31(2,3)26-24-25(27(40-26)32(4,5)6)39-30(33-24)41(37,38)18-10-17-34-28(35)22-16-15-21(19-23(22)29(34)36)14-13-20-11-8-7-9-12-20/h7-9,11-12,15-16,19H,10,17-18H2,1-6H3. The Morgan fingerprint density at radius 3 is 2.10 bits per heavy atom. The number of imide groups is 1. The topological polar surface area (TPSA) is 84.4 Å². The van der Waals surface area contributed by atoms with E-state index in [0.717, 1.165) is 30.4 Å². The fourth-order valence-electron chi connectivity index (χ4n) is 4.68. The number of fused-ring (bicyclic) bond motifs is 2. The second-order valence-corrected chi connectivity index (χ2v) is 16.5. The summed E-state index contributed by atoms with van der Waals surface area (Å²) in [5, 5.41) is 0. The van der Waals surface area contributed by atoms with E-state index in [1.807, 2.05) is 30.3 Å². The van der Waals surface area contributed by atoms with Crippen molar-refractivity contribution in [3.63, 3.8) is 0 Å². The molecular formula is C32H32N2O4S3. The second-order valence-electron chi connectivity index (χ2n) is 12.2. The van der Waals surface area contributed by atoms with E-state index in [0.29, 0.717) is 16.7 Å². The highest BCUT2D eigenvalue weighted by atomic mass is 32.2. The van der Waals surface area contributed by atoms with E-state index in [4.69, 9.17) is 0 Å². The molecule has 0 fully saturated rings. The van der Waals surface area contributed by atoms with Crippen LogP contribution in [-0.4, -0.2) is 42.4 Å². The van der Waals surface area contributed by atoms with Crippen LogP contribution in [0, 0.1) is 11.8 Å². The number of amides is 2. The molecule has 4 aromatic rings. The molecule has 1 aliphatic rings. The summed E-state index contributed by atoms with van der Waals surface area (Å²) in [6.07, 6.45) is 0.124. The van der Waals surface area contributed by atoms with Crippen molar-refractivity contribution in [1.82, 2.24) is 9.88 Å². The smallest absolute Gasteiger partial charge is 0.261 e. The number of sulfone groups is 1. The van der Waals surface area contributed by atoms with Crippen LogP contribution in [0.4, 0.5) is 0 Å². The van der Waals surface area contributed by atoms with E-state index in [1.54, 1.807) is 29.5 Å². The third-order valence-corrected chi connectivity index (χ3v) is 12.2. The maximum absolute atomic E-state index is 13.4. The Labute approximate surface area is 249 Å². The summed E-state index contributed by atoms with van der Waals surface area (Å²) in [4.78, 5) is 34.1. The van der Waals surface area contributed by atoms with Crippen LogP contribution in [0.3, 0.4) is 0 Å². The van der Waals surface area contributed by atoms with Crippen LogP contribution < -0.4 is 0 Å². The van der Waals surface area contributed by atoms with Crippen molar-refractivity contribution in [1.29, 1.82) is 0 Å². The number of rotatable bonds is 5. The molecular weight excluding hydrogens is 573 g/mol. The summed E-state index contributed by atoms with van der Waals surface area (Å²) in [6, 6.07) is 14.5. The highest BCUT2D eigenvalue weighted by Gasteiger charge is 2.36. The Morgan fingerprint density at radius 1 is 0.805 bits per heavy atom. The van der Waals surface area contributed by atoms with Gasteiger partial charge in [-0.2, -0.15) is 0 Å². The summed E-state index contributed by atoms with van der Waals surface area (Å²) < 4.78 is 27.7. The number of carbonyl (C=O) groups excluding carboxylic acids is 2. The van der Waals surface area contributed by atoms with Gasteiger partial charge in [-0.15, -0.1) is 22.7 Å². The summed E-state index contributed by atoms with van der Waals surface area (Å²) in [7, 11) is -3.71. The Kier molecular flexibility index (Phi) is 7.48. The molecule has 0 unspecified atom stereocenters. The molecule has 0 bridgehead atoms. The number of thiazole rings is 1. The van der Waals surface area contributed by atoms with Crippen LogP contribution in [0.5, 0.6) is 0 Å². The van der Waals surface area contributed by atoms with Crippen LogP contribution in [0.25, 0.3) is 10.2 Å². The van der Waals surface area contributed by atoms with Crippen molar-refractivity contribution in [3.05, 3.63) is 80.5 Å². The zero-order valence-corrected chi connectivity index (χ0v) is 26.4. The SMILES string of the molecule is CC(C)(C)c1sc(C(C)(C)C)c2sc(S(=O)(=O)CCCN3C(=O)c4ccc(C#Cc5ccccc5)cc4C3=O)nc12. The molecule has 0 radical (unpaired) electrons. The van der Waals surface area contributed by atoms with Crippen molar-refractivity contribution in [2.24, 2.45) is 0 Å². The molecule has 5 rings (SSSR count). The van der Waals surface area contributed by atoms with E-state index >= 15 is 0 Å². The van der Waals surface area contributed by atoms with Gasteiger partial charge in [0.1, 0.15) is 0 Å². The minimum Gasteiger partial charge on any atom is -0.274 e. The summed E-state index contributed by atoms with van der Waals surface area (Å²) >= 11 is 2.93. The van der Waals surface area contributed by atoms with Gasteiger partial charge in [0.2, 0.25) is 14.2 Å². The lowest BCUT2D eigenvalue weighted by Gasteiger charge is -2.18. The number of carbonyl (C=O) groups is 2. The lowest BCUT2D eigenvalue weighted by atomic mass is 9.92. The van der Waals surface area contributed by atoms with E-state index in [2.05, 4.69) is 58.4 Å². The van der Waals surface area contributed by atoms with E-state index in [1.165, 1.54) is 11.3 Å². The molecule has 41 heavy (non-hydrogen) atoms. The Morgan fingerprint density at radius 2 is 1.44 bits per heavy atom. The van der Waals surface area contributed by atoms with Gasteiger partial charge in [0.15, 0.2) is 0 Å². The average Bonchev–Trinajstić information content (AvgIpc) is 3.55. The van der Waals surface area contributed by atoms with Gasteiger partial charge in [0, 0.05) is 27.4 Å². The average molecular weight is 605 g/mol. The first-order chi connectivity index (χ1) is 19.2. The maximum Gasteiger partial charge on any atom is 0.261 e. The normalized spacial score (nSPS) is 14.0. The van der Waals surface area contributed by atoms with Crippen molar-refractivity contribution in [3.8, 4) is 11.8 Å². The third-order valence-electron chi connectivity index (χ3n) is 6.75. The lowest BCUT2D eigenvalue weighted by molar-refractivity contribution is 0.0654. The highest BCUT2D eigenvalue weighted by molar-refractivity contribution is 7.93. The van der Waals surface area contributed by atoms with Crippen molar-refractivity contribution >= 4 is 54.5 Å². The number of thiophene rings is 1. The largest absolute Gasteiger partial charge is 0.274 e. The molecule has 9 heteroatoms. The summed E-state index contributed by atoms with van der Waals surface area (Å²) in [6.45, 7) is 12.7. The molecule has 0 N–H and O–H groups in total. The zero-order chi connectivity index (χ0) is 29.7. The Bertz CT molecular complexity index is 1800. The molecule has 3 heterocycles. The first-order valence-corrected chi connectivity index (χ1v) is 16.7. The monoisotopic (exact) mass is 604 g/mol.